The lowest BCUT2D eigenvalue weighted by atomic mass is 10.2. The summed E-state index contributed by atoms with van der Waals surface area (Å²) in [4.78, 5) is 10.0. The predicted octanol–water partition coefficient (Wildman–Crippen LogP) is 2.54. The van der Waals surface area contributed by atoms with Crippen molar-refractivity contribution in [1.29, 1.82) is 0 Å². The van der Waals surface area contributed by atoms with E-state index in [1.165, 1.54) is 18.2 Å². The second-order valence-electron chi connectivity index (χ2n) is 4.03. The molecule has 1 saturated carbocycles. The molecule has 6 heteroatoms. The number of ether oxygens (including phenoxy) is 1. The van der Waals surface area contributed by atoms with Crippen LogP contribution in [-0.2, 0) is 0 Å². The van der Waals surface area contributed by atoms with Crippen LogP contribution in [0, 0.1) is 10.1 Å². The molecule has 0 unspecified atom stereocenters. The maximum atomic E-state index is 10.5. The van der Waals surface area contributed by atoms with Gasteiger partial charge >= 0.3 is 0 Å². The van der Waals surface area contributed by atoms with E-state index in [-0.39, 0.29) is 16.8 Å². The van der Waals surface area contributed by atoms with E-state index in [1.807, 2.05) is 0 Å². The number of aliphatic hydroxyl groups excluding tert-OH is 1. The molecule has 1 aromatic carbocycles. The van der Waals surface area contributed by atoms with Crippen LogP contribution in [0.3, 0.4) is 0 Å². The molecule has 5 nitrogen and oxygen atoms in total. The van der Waals surface area contributed by atoms with Crippen molar-refractivity contribution in [1.82, 2.24) is 0 Å². The van der Waals surface area contributed by atoms with Gasteiger partial charge in [-0.15, -0.1) is 0 Å². The molecule has 0 heterocycles. The lowest BCUT2D eigenvalue weighted by Crippen LogP contribution is -2.25. The summed E-state index contributed by atoms with van der Waals surface area (Å²) < 4.78 is 5.55. The Morgan fingerprint density at radius 3 is 2.76 bits per heavy atom. The van der Waals surface area contributed by atoms with Crippen molar-refractivity contribution in [3.8, 4) is 5.75 Å². The Labute approximate surface area is 103 Å². The number of hydrogen-bond donors (Lipinski definition) is 1. The molecule has 2 atom stereocenters. The third kappa shape index (κ3) is 2.68. The third-order valence-electron chi connectivity index (χ3n) is 2.82. The molecule has 1 N–H and O–H groups in total. The van der Waals surface area contributed by atoms with E-state index in [0.717, 1.165) is 19.3 Å². The van der Waals surface area contributed by atoms with Gasteiger partial charge in [-0.1, -0.05) is 11.6 Å². The molecule has 0 radical (unpaired) electrons. The maximum absolute atomic E-state index is 10.5. The van der Waals surface area contributed by atoms with Crippen molar-refractivity contribution in [3.05, 3.63) is 33.3 Å². The molecule has 92 valence electrons. The van der Waals surface area contributed by atoms with Gasteiger partial charge in [-0.2, -0.15) is 0 Å². The zero-order valence-electron chi connectivity index (χ0n) is 9.01. The van der Waals surface area contributed by atoms with E-state index >= 15 is 0 Å². The monoisotopic (exact) mass is 257 g/mol. The highest BCUT2D eigenvalue weighted by molar-refractivity contribution is 6.32. The van der Waals surface area contributed by atoms with Gasteiger partial charge in [0.25, 0.3) is 5.69 Å². The first-order chi connectivity index (χ1) is 8.08. The molecular weight excluding hydrogens is 246 g/mol. The first kappa shape index (κ1) is 12.1. The second-order valence-corrected chi connectivity index (χ2v) is 4.43. The number of aliphatic hydroxyl groups is 1. The molecule has 17 heavy (non-hydrogen) atoms. The summed E-state index contributed by atoms with van der Waals surface area (Å²) in [7, 11) is 0. The van der Waals surface area contributed by atoms with E-state index in [4.69, 9.17) is 16.3 Å². The lowest BCUT2D eigenvalue weighted by Gasteiger charge is -2.17. The number of benzene rings is 1. The van der Waals surface area contributed by atoms with Crippen LogP contribution in [-0.4, -0.2) is 22.2 Å². The summed E-state index contributed by atoms with van der Waals surface area (Å²) in [5.74, 6) is 0.378. The first-order valence-corrected chi connectivity index (χ1v) is 5.74. The number of nitrogens with zero attached hydrogens (tertiary/aromatic N) is 1. The fourth-order valence-electron chi connectivity index (χ4n) is 1.91. The highest BCUT2D eigenvalue weighted by Gasteiger charge is 2.27. The van der Waals surface area contributed by atoms with Crippen molar-refractivity contribution >= 4 is 17.3 Å². The van der Waals surface area contributed by atoms with Crippen molar-refractivity contribution in [2.75, 3.05) is 0 Å². The molecule has 0 bridgehead atoms. The molecule has 1 aliphatic carbocycles. The van der Waals surface area contributed by atoms with E-state index in [0.29, 0.717) is 5.75 Å². The highest BCUT2D eigenvalue weighted by Crippen LogP contribution is 2.32. The minimum Gasteiger partial charge on any atom is -0.486 e. The van der Waals surface area contributed by atoms with Crippen molar-refractivity contribution in [3.63, 3.8) is 0 Å². The van der Waals surface area contributed by atoms with Crippen LogP contribution in [0.4, 0.5) is 5.69 Å². The predicted molar refractivity (Wildman–Crippen MR) is 62.4 cm³/mol. The molecule has 0 saturated heterocycles. The van der Waals surface area contributed by atoms with Crippen LogP contribution in [0.5, 0.6) is 5.75 Å². The summed E-state index contributed by atoms with van der Waals surface area (Å²) in [6.45, 7) is 0. The van der Waals surface area contributed by atoms with Gasteiger partial charge in [0.05, 0.1) is 16.0 Å². The molecule has 2 rings (SSSR count). The van der Waals surface area contributed by atoms with Crippen LogP contribution in [0.15, 0.2) is 18.2 Å². The van der Waals surface area contributed by atoms with Crippen LogP contribution >= 0.6 is 11.6 Å². The van der Waals surface area contributed by atoms with Crippen molar-refractivity contribution in [2.45, 2.75) is 31.5 Å². The zero-order valence-corrected chi connectivity index (χ0v) is 9.76. The fourth-order valence-corrected chi connectivity index (χ4v) is 2.13. The number of nitro benzene ring substituents is 1. The highest BCUT2D eigenvalue weighted by atomic mass is 35.5. The van der Waals surface area contributed by atoms with Gasteiger partial charge in [-0.3, -0.25) is 10.1 Å². The zero-order chi connectivity index (χ0) is 12.4. The minimum absolute atomic E-state index is 0.0747. The molecular formula is C11H12ClNO4. The van der Waals surface area contributed by atoms with Crippen LogP contribution in [0.1, 0.15) is 19.3 Å². The summed E-state index contributed by atoms with van der Waals surface area (Å²) >= 11 is 5.89. The Hall–Kier alpha value is -1.33. The minimum atomic E-state index is -0.514. The largest absolute Gasteiger partial charge is 0.486 e. The number of halogens is 1. The Morgan fingerprint density at radius 1 is 1.47 bits per heavy atom. The first-order valence-electron chi connectivity index (χ1n) is 5.36. The van der Waals surface area contributed by atoms with Crippen molar-refractivity contribution < 1.29 is 14.8 Å². The number of non-ortho nitro benzene ring substituents is 1. The van der Waals surface area contributed by atoms with E-state index in [1.54, 1.807) is 0 Å². The lowest BCUT2D eigenvalue weighted by molar-refractivity contribution is -0.384. The average molecular weight is 258 g/mol. The number of hydrogen-bond acceptors (Lipinski definition) is 4. The van der Waals surface area contributed by atoms with Gasteiger partial charge in [-0.25, -0.2) is 0 Å². The second kappa shape index (κ2) is 4.89. The van der Waals surface area contributed by atoms with Gasteiger partial charge in [-0.05, 0) is 25.3 Å². The SMILES string of the molecule is O=[N+]([O-])c1ccc(O[C@H]2CCC[C@@H]2O)c(Cl)c1. The van der Waals surface area contributed by atoms with Crippen LogP contribution in [0.2, 0.25) is 5.02 Å². The average Bonchev–Trinajstić information content (AvgIpc) is 2.67. The normalized spacial score (nSPS) is 23.6. The van der Waals surface area contributed by atoms with Gasteiger partial charge in [0.2, 0.25) is 0 Å². The molecule has 0 amide bonds. The Bertz CT molecular complexity index is 437. The van der Waals surface area contributed by atoms with Crippen LogP contribution < -0.4 is 4.74 Å². The summed E-state index contributed by atoms with van der Waals surface area (Å²) in [5.41, 5.74) is -0.0747. The standard InChI is InChI=1S/C11H12ClNO4/c12-8-6-7(13(15)16)4-5-10(8)17-11-3-1-2-9(11)14/h4-6,9,11,14H,1-3H2/t9-,11-/m0/s1. The molecule has 1 fully saturated rings. The van der Waals surface area contributed by atoms with E-state index < -0.39 is 11.0 Å². The summed E-state index contributed by atoms with van der Waals surface area (Å²) in [6.07, 6.45) is 1.65. The number of rotatable bonds is 3. The topological polar surface area (TPSA) is 72.6 Å². The Kier molecular flexibility index (Phi) is 3.49. The van der Waals surface area contributed by atoms with Crippen LogP contribution in [0.25, 0.3) is 0 Å². The smallest absolute Gasteiger partial charge is 0.271 e. The number of nitro groups is 1. The fraction of sp³-hybridized carbons (Fsp3) is 0.455. The molecule has 0 aliphatic heterocycles. The summed E-state index contributed by atoms with van der Waals surface area (Å²) in [5, 5.41) is 20.3. The Balaban J connectivity index is 2.14. The molecule has 1 aliphatic rings. The Morgan fingerprint density at radius 2 is 2.24 bits per heavy atom. The third-order valence-corrected chi connectivity index (χ3v) is 3.12. The maximum Gasteiger partial charge on any atom is 0.271 e. The quantitative estimate of drug-likeness (QED) is 0.667. The molecule has 0 spiro atoms. The van der Waals surface area contributed by atoms with E-state index in [2.05, 4.69) is 0 Å². The van der Waals surface area contributed by atoms with Gasteiger partial charge in [0.1, 0.15) is 11.9 Å². The summed E-state index contributed by atoms with van der Waals surface area (Å²) in [6, 6.07) is 4.05. The van der Waals surface area contributed by atoms with E-state index in [9.17, 15) is 15.2 Å². The van der Waals surface area contributed by atoms with Crippen molar-refractivity contribution in [2.24, 2.45) is 0 Å². The molecule has 1 aromatic rings. The van der Waals surface area contributed by atoms with Gasteiger partial charge in [0.15, 0.2) is 0 Å². The van der Waals surface area contributed by atoms with Gasteiger partial charge in [0, 0.05) is 12.1 Å². The van der Waals surface area contributed by atoms with Gasteiger partial charge < -0.3 is 9.84 Å². The molecule has 0 aromatic heterocycles.